The summed E-state index contributed by atoms with van der Waals surface area (Å²) in [6, 6.07) is 5.65. The fourth-order valence-electron chi connectivity index (χ4n) is 1.96. The normalized spacial score (nSPS) is 10.4. The first-order valence-electron chi connectivity index (χ1n) is 7.61. The Balaban J connectivity index is 1.59. The van der Waals surface area contributed by atoms with Crippen LogP contribution in [0.5, 0.6) is 0 Å². The molecule has 0 aliphatic carbocycles. The van der Waals surface area contributed by atoms with Gasteiger partial charge in [-0.05, 0) is 12.1 Å². The number of ether oxygens (including phenoxy) is 1. The van der Waals surface area contributed by atoms with Crippen LogP contribution in [0.15, 0.2) is 46.7 Å². The van der Waals surface area contributed by atoms with Crippen molar-refractivity contribution in [2.45, 2.75) is 6.61 Å². The molecular weight excluding hydrogens is 374 g/mol. The zero-order valence-corrected chi connectivity index (χ0v) is 14.6. The van der Waals surface area contributed by atoms with E-state index in [0.29, 0.717) is 17.2 Å². The maximum atomic E-state index is 12.0. The molecule has 0 saturated carbocycles. The average Bonchev–Trinajstić information content (AvgIpc) is 3.34. The Morgan fingerprint density at radius 2 is 2.15 bits per heavy atom. The van der Waals surface area contributed by atoms with E-state index < -0.39 is 10.9 Å². The number of carbonyl (C=O) groups excluding carboxylic acids is 1. The Morgan fingerprint density at radius 3 is 2.85 bits per heavy atom. The fourth-order valence-corrected chi connectivity index (χ4v) is 2.65. The lowest BCUT2D eigenvalue weighted by atomic mass is 10.2. The van der Waals surface area contributed by atoms with Gasteiger partial charge >= 0.3 is 5.97 Å². The molecule has 2 aromatic heterocycles. The maximum absolute atomic E-state index is 12.0. The van der Waals surface area contributed by atoms with Gasteiger partial charge in [-0.3, -0.25) is 10.1 Å². The van der Waals surface area contributed by atoms with E-state index in [1.54, 1.807) is 11.5 Å². The molecule has 0 amide bonds. The zero-order valence-electron chi connectivity index (χ0n) is 13.8. The molecule has 0 radical (unpaired) electrons. The van der Waals surface area contributed by atoms with Gasteiger partial charge in [0.1, 0.15) is 0 Å². The van der Waals surface area contributed by atoms with E-state index >= 15 is 0 Å². The summed E-state index contributed by atoms with van der Waals surface area (Å²) >= 11 is 1.27. The first-order valence-corrected chi connectivity index (χ1v) is 8.49. The number of anilines is 1. The molecule has 0 unspecified atom stereocenters. The SMILES string of the molecule is C=CCNc1nc(C(=O)OCc2nnc(-c3ccc([N+](=O)[O-])cc3)o2)cs1. The summed E-state index contributed by atoms with van der Waals surface area (Å²) in [6.45, 7) is 3.91. The predicted molar refractivity (Wildman–Crippen MR) is 96.3 cm³/mol. The standard InChI is InChI=1S/C16H13N5O5S/c1-2-7-17-16-18-12(9-27-16)15(22)25-8-13-19-20-14(26-13)10-3-5-11(6-4-10)21(23)24/h2-6,9H,1,7-8H2,(H,17,18). The van der Waals surface area contributed by atoms with Crippen molar-refractivity contribution in [2.24, 2.45) is 0 Å². The molecule has 3 aromatic rings. The van der Waals surface area contributed by atoms with Crippen molar-refractivity contribution in [3.8, 4) is 11.5 Å². The topological polar surface area (TPSA) is 133 Å². The van der Waals surface area contributed by atoms with Crippen LogP contribution in [-0.4, -0.2) is 32.6 Å². The van der Waals surface area contributed by atoms with Crippen LogP contribution in [0.1, 0.15) is 16.4 Å². The molecule has 2 heterocycles. The monoisotopic (exact) mass is 387 g/mol. The molecule has 0 saturated heterocycles. The third-order valence-electron chi connectivity index (χ3n) is 3.23. The third-order valence-corrected chi connectivity index (χ3v) is 4.03. The second-order valence-electron chi connectivity index (χ2n) is 5.09. The number of nitrogens with one attached hydrogen (secondary N) is 1. The van der Waals surface area contributed by atoms with E-state index in [9.17, 15) is 14.9 Å². The summed E-state index contributed by atoms with van der Waals surface area (Å²) in [6.07, 6.45) is 1.68. The Bertz CT molecular complexity index is 966. The van der Waals surface area contributed by atoms with Crippen molar-refractivity contribution in [2.75, 3.05) is 11.9 Å². The first kappa shape index (κ1) is 18.2. The number of nitro groups is 1. The number of nitrogens with zero attached hydrogens (tertiary/aromatic N) is 4. The van der Waals surface area contributed by atoms with Gasteiger partial charge in [-0.25, -0.2) is 9.78 Å². The average molecular weight is 387 g/mol. The number of hydrogen-bond donors (Lipinski definition) is 1. The predicted octanol–water partition coefficient (Wildman–Crippen LogP) is 3.06. The zero-order chi connectivity index (χ0) is 19.2. The second-order valence-corrected chi connectivity index (χ2v) is 5.95. The molecule has 1 N–H and O–H groups in total. The third kappa shape index (κ3) is 4.52. The summed E-state index contributed by atoms with van der Waals surface area (Å²) in [5.74, 6) is -0.356. The number of non-ortho nitro benzene ring substituents is 1. The quantitative estimate of drug-likeness (QED) is 0.268. The highest BCUT2D eigenvalue weighted by atomic mass is 32.1. The molecule has 3 rings (SSSR count). The molecule has 0 spiro atoms. The number of nitro benzene ring substituents is 1. The Kier molecular flexibility index (Phi) is 5.52. The van der Waals surface area contributed by atoms with Crippen LogP contribution in [0, 0.1) is 10.1 Å². The smallest absolute Gasteiger partial charge is 0.358 e. The summed E-state index contributed by atoms with van der Waals surface area (Å²) < 4.78 is 10.5. The van der Waals surface area contributed by atoms with Gasteiger partial charge in [0.25, 0.3) is 11.6 Å². The van der Waals surface area contributed by atoms with Crippen molar-refractivity contribution >= 4 is 28.1 Å². The van der Waals surface area contributed by atoms with Crippen molar-refractivity contribution in [1.82, 2.24) is 15.2 Å². The lowest BCUT2D eigenvalue weighted by Crippen LogP contribution is -2.06. The Labute approximate surface area is 156 Å². The van der Waals surface area contributed by atoms with Crippen LogP contribution < -0.4 is 5.32 Å². The first-order chi connectivity index (χ1) is 13.1. The molecule has 1 aromatic carbocycles. The van der Waals surface area contributed by atoms with Gasteiger partial charge in [0, 0.05) is 29.6 Å². The maximum Gasteiger partial charge on any atom is 0.358 e. The van der Waals surface area contributed by atoms with E-state index in [2.05, 4.69) is 27.1 Å². The van der Waals surface area contributed by atoms with Gasteiger partial charge in [-0.15, -0.1) is 28.1 Å². The van der Waals surface area contributed by atoms with Gasteiger partial charge in [0.05, 0.1) is 4.92 Å². The number of aromatic nitrogens is 3. The van der Waals surface area contributed by atoms with Crippen LogP contribution in [-0.2, 0) is 11.3 Å². The minimum absolute atomic E-state index is 0.0439. The van der Waals surface area contributed by atoms with E-state index in [0.717, 1.165) is 0 Å². The Hall–Kier alpha value is -3.60. The van der Waals surface area contributed by atoms with Crippen LogP contribution in [0.2, 0.25) is 0 Å². The number of carbonyl (C=O) groups is 1. The molecule has 0 bridgehead atoms. The lowest BCUT2D eigenvalue weighted by Gasteiger charge is -1.99. The van der Waals surface area contributed by atoms with E-state index in [1.165, 1.54) is 35.6 Å². The van der Waals surface area contributed by atoms with Crippen molar-refractivity contribution < 1.29 is 18.9 Å². The summed E-state index contributed by atoms with van der Waals surface area (Å²) in [5, 5.41) is 23.4. The molecule has 10 nitrogen and oxygen atoms in total. The highest BCUT2D eigenvalue weighted by Crippen LogP contribution is 2.22. The second kappa shape index (κ2) is 8.19. The number of rotatable bonds is 8. The van der Waals surface area contributed by atoms with Crippen LogP contribution >= 0.6 is 11.3 Å². The highest BCUT2D eigenvalue weighted by molar-refractivity contribution is 7.13. The summed E-state index contributed by atoms with van der Waals surface area (Å²) in [4.78, 5) is 26.3. The molecule has 0 aliphatic rings. The van der Waals surface area contributed by atoms with Gasteiger partial charge in [-0.2, -0.15) is 0 Å². The minimum atomic E-state index is -0.618. The lowest BCUT2D eigenvalue weighted by molar-refractivity contribution is -0.384. The molecule has 138 valence electrons. The molecule has 27 heavy (non-hydrogen) atoms. The molecule has 0 atom stereocenters. The van der Waals surface area contributed by atoms with Gasteiger partial charge in [-0.1, -0.05) is 6.08 Å². The number of benzene rings is 1. The molecule has 0 aliphatic heterocycles. The van der Waals surface area contributed by atoms with Gasteiger partial charge < -0.3 is 14.5 Å². The van der Waals surface area contributed by atoms with Gasteiger partial charge in [0.15, 0.2) is 17.4 Å². The van der Waals surface area contributed by atoms with E-state index in [4.69, 9.17) is 9.15 Å². The highest BCUT2D eigenvalue weighted by Gasteiger charge is 2.15. The number of hydrogen-bond acceptors (Lipinski definition) is 10. The van der Waals surface area contributed by atoms with Crippen LogP contribution in [0.4, 0.5) is 10.8 Å². The summed E-state index contributed by atoms with van der Waals surface area (Å²) in [7, 11) is 0. The van der Waals surface area contributed by atoms with Crippen molar-refractivity contribution in [1.29, 1.82) is 0 Å². The Morgan fingerprint density at radius 1 is 1.37 bits per heavy atom. The van der Waals surface area contributed by atoms with Crippen molar-refractivity contribution in [3.05, 3.63) is 64.0 Å². The van der Waals surface area contributed by atoms with E-state index in [1.807, 2.05) is 0 Å². The summed E-state index contributed by atoms with van der Waals surface area (Å²) in [5.41, 5.74) is 0.641. The van der Waals surface area contributed by atoms with Crippen LogP contribution in [0.3, 0.4) is 0 Å². The number of esters is 1. The van der Waals surface area contributed by atoms with Crippen molar-refractivity contribution in [3.63, 3.8) is 0 Å². The molecule has 11 heteroatoms. The largest absolute Gasteiger partial charge is 0.451 e. The van der Waals surface area contributed by atoms with Gasteiger partial charge in [0.2, 0.25) is 5.89 Å². The molecular formula is C16H13N5O5S. The minimum Gasteiger partial charge on any atom is -0.451 e. The van der Waals surface area contributed by atoms with E-state index in [-0.39, 0.29) is 29.8 Å². The molecule has 0 fully saturated rings. The fraction of sp³-hybridized carbons (Fsp3) is 0.125. The number of thiazole rings is 1. The van der Waals surface area contributed by atoms with Crippen LogP contribution in [0.25, 0.3) is 11.5 Å².